The van der Waals surface area contributed by atoms with Crippen molar-refractivity contribution in [2.45, 2.75) is 95.8 Å². The van der Waals surface area contributed by atoms with Crippen molar-refractivity contribution in [1.82, 2.24) is 9.80 Å². The Morgan fingerprint density at radius 2 is 1.16 bits per heavy atom. The first-order valence-corrected chi connectivity index (χ1v) is 31.2. The lowest BCUT2D eigenvalue weighted by Crippen LogP contribution is -2.51. The van der Waals surface area contributed by atoms with E-state index in [0.717, 1.165) is 34.4 Å². The Hall–Kier alpha value is -5.73. The van der Waals surface area contributed by atoms with Gasteiger partial charge < -0.3 is 44.0 Å². The Morgan fingerprint density at radius 3 is 1.62 bits per heavy atom. The Labute approximate surface area is 408 Å². The van der Waals surface area contributed by atoms with E-state index in [1.165, 1.54) is 19.1 Å². The number of hydrogen-bond acceptors (Lipinski definition) is 11. The number of nitrogens with two attached hydrogens (primary N) is 1. The molecule has 2 N–H and O–H groups in total. The van der Waals surface area contributed by atoms with E-state index in [1.54, 1.807) is 45.0 Å². The zero-order chi connectivity index (χ0) is 49.8. The van der Waals surface area contributed by atoms with Crippen LogP contribution in [0, 0.1) is 0 Å². The molecule has 2 unspecified atom stereocenters. The number of anilines is 2. The monoisotopic (exact) mass is 979 g/mol. The summed E-state index contributed by atoms with van der Waals surface area (Å²) in [7, 11) is 0.0883. The van der Waals surface area contributed by atoms with E-state index in [1.807, 2.05) is 43.3 Å². The molecule has 4 heterocycles. The molecule has 4 aliphatic rings. The SMILES string of the molecule is C=CC1=C(/C=C\C)CN2C(=O)c3cc(OC)c(OCC(N)COc4cc5c(cc4OC)C(=O)N4Cc6ccccc6CC4C(=O)N5COCC[Si](C)(C)C)cc3N(COCC[Si](C)(C)C)C(=O)[C@@H]2C1. The maximum atomic E-state index is 14.6. The van der Waals surface area contributed by atoms with Gasteiger partial charge in [-0.15, -0.1) is 0 Å². The molecule has 370 valence electrons. The molecule has 0 bridgehead atoms. The standard InChI is InChI=1S/C52H69N5O10Si2/c1-11-15-36-28-54-43(22-34(36)12-2)51(60)56(32-64-18-20-68(5,6)7)41-26-47(45(62-3)24-39(41)49(54)58)66-30-38(53)31-67-48-27-42-40(25-46(48)63-4)50(59)55-29-37-17-14-13-16-35(37)23-44(55)52(61)57(42)33-65-19-21-69(8,9)10/h11-17,24-27,38,43-44H,2,18-23,28-33,53H2,1,3-10H3/b15-11-/t38?,43-,44?/m0/s1. The Bertz CT molecular complexity index is 2520. The van der Waals surface area contributed by atoms with Crippen molar-refractivity contribution in [3.63, 3.8) is 0 Å². The van der Waals surface area contributed by atoms with Gasteiger partial charge in [-0.05, 0) is 53.4 Å². The molecular formula is C52H69N5O10Si2. The second kappa shape index (κ2) is 21.5. The van der Waals surface area contributed by atoms with Crippen molar-refractivity contribution in [2.75, 3.05) is 70.5 Å². The third-order valence-electron chi connectivity index (χ3n) is 13.0. The summed E-state index contributed by atoms with van der Waals surface area (Å²) in [4.78, 5) is 64.5. The van der Waals surface area contributed by atoms with Crippen molar-refractivity contribution < 1.29 is 47.6 Å². The van der Waals surface area contributed by atoms with Crippen LogP contribution in [0.4, 0.5) is 11.4 Å². The first kappa shape index (κ1) is 51.1. The van der Waals surface area contributed by atoms with Gasteiger partial charge in [0, 0.05) is 67.4 Å². The van der Waals surface area contributed by atoms with Crippen LogP contribution in [-0.4, -0.2) is 128 Å². The summed E-state index contributed by atoms with van der Waals surface area (Å²) in [6.07, 6.45) is 6.31. The fourth-order valence-corrected chi connectivity index (χ4v) is 10.4. The number of ether oxygens (including phenoxy) is 6. The molecular weight excluding hydrogens is 911 g/mol. The average molecular weight is 980 g/mol. The van der Waals surface area contributed by atoms with Gasteiger partial charge in [-0.3, -0.25) is 29.0 Å². The highest BCUT2D eigenvalue weighted by atomic mass is 28.3. The Balaban J connectivity index is 1.13. The molecule has 0 aromatic heterocycles. The summed E-state index contributed by atoms with van der Waals surface area (Å²) < 4.78 is 36.6. The number of methoxy groups -OCH3 is 2. The second-order valence-corrected chi connectivity index (χ2v) is 31.7. The van der Waals surface area contributed by atoms with Gasteiger partial charge in [-0.25, -0.2) is 0 Å². The van der Waals surface area contributed by atoms with E-state index in [4.69, 9.17) is 34.2 Å². The molecule has 0 saturated heterocycles. The largest absolute Gasteiger partial charge is 0.493 e. The molecule has 17 heteroatoms. The summed E-state index contributed by atoms with van der Waals surface area (Å²) in [5.41, 5.74) is 11.8. The third-order valence-corrected chi connectivity index (χ3v) is 16.4. The first-order valence-electron chi connectivity index (χ1n) is 23.8. The molecule has 0 radical (unpaired) electrons. The summed E-state index contributed by atoms with van der Waals surface area (Å²) in [5, 5.41) is 0. The molecule has 69 heavy (non-hydrogen) atoms. The van der Waals surface area contributed by atoms with Gasteiger partial charge in [-0.2, -0.15) is 0 Å². The minimum absolute atomic E-state index is 0.0425. The summed E-state index contributed by atoms with van der Waals surface area (Å²) in [6.45, 7) is 20.8. The lowest BCUT2D eigenvalue weighted by molar-refractivity contribution is -0.125. The molecule has 0 saturated carbocycles. The molecule has 0 fully saturated rings. The zero-order valence-corrected chi connectivity index (χ0v) is 43.7. The number of carbonyl (C=O) groups excluding carboxylic acids is 4. The predicted molar refractivity (Wildman–Crippen MR) is 273 cm³/mol. The van der Waals surface area contributed by atoms with Crippen LogP contribution in [0.3, 0.4) is 0 Å². The zero-order valence-electron chi connectivity index (χ0n) is 41.7. The molecule has 0 spiro atoms. The van der Waals surface area contributed by atoms with Crippen LogP contribution in [0.5, 0.6) is 23.0 Å². The van der Waals surface area contributed by atoms with E-state index in [2.05, 4.69) is 45.9 Å². The molecule has 7 rings (SSSR count). The molecule has 3 atom stereocenters. The third kappa shape index (κ3) is 11.5. The minimum atomic E-state index is -1.45. The summed E-state index contributed by atoms with van der Waals surface area (Å²) >= 11 is 0. The van der Waals surface area contributed by atoms with Gasteiger partial charge in [0.15, 0.2) is 23.0 Å². The number of allylic oxidation sites excluding steroid dienone is 2. The second-order valence-electron chi connectivity index (χ2n) is 20.5. The number of benzene rings is 3. The highest BCUT2D eigenvalue weighted by Gasteiger charge is 2.45. The number of carbonyl (C=O) groups is 4. The van der Waals surface area contributed by atoms with E-state index >= 15 is 0 Å². The summed E-state index contributed by atoms with van der Waals surface area (Å²) in [6, 6.07) is 14.0. The smallest absolute Gasteiger partial charge is 0.257 e. The minimum Gasteiger partial charge on any atom is -0.493 e. The average Bonchev–Trinajstić information content (AvgIpc) is 3.45. The van der Waals surface area contributed by atoms with Crippen molar-refractivity contribution in [3.8, 4) is 23.0 Å². The number of amides is 4. The fraction of sp³-hybridized carbons (Fsp3) is 0.462. The normalized spacial score (nSPS) is 18.8. The van der Waals surface area contributed by atoms with Crippen LogP contribution in [-0.2, 0) is 32.0 Å². The van der Waals surface area contributed by atoms with E-state index in [9.17, 15) is 19.2 Å². The van der Waals surface area contributed by atoms with Crippen LogP contribution in [0.25, 0.3) is 0 Å². The van der Waals surface area contributed by atoms with Gasteiger partial charge in [0.2, 0.25) is 0 Å². The van der Waals surface area contributed by atoms with Gasteiger partial charge in [-0.1, -0.05) is 88.4 Å². The van der Waals surface area contributed by atoms with Gasteiger partial charge in [0.25, 0.3) is 23.6 Å². The van der Waals surface area contributed by atoms with Gasteiger partial charge in [0.05, 0.1) is 42.8 Å². The van der Waals surface area contributed by atoms with Crippen LogP contribution in [0.15, 0.2) is 84.5 Å². The van der Waals surface area contributed by atoms with E-state index in [0.29, 0.717) is 49.5 Å². The topological polar surface area (TPSA) is 163 Å². The summed E-state index contributed by atoms with van der Waals surface area (Å²) in [5.74, 6) is -0.0154. The molecule has 0 aliphatic carbocycles. The Morgan fingerprint density at radius 1 is 0.681 bits per heavy atom. The van der Waals surface area contributed by atoms with Crippen molar-refractivity contribution in [3.05, 3.63) is 107 Å². The lowest BCUT2D eigenvalue weighted by Gasteiger charge is -2.36. The van der Waals surface area contributed by atoms with Gasteiger partial charge >= 0.3 is 0 Å². The molecule has 15 nitrogen and oxygen atoms in total. The fourth-order valence-electron chi connectivity index (χ4n) is 8.93. The number of nitrogens with zero attached hydrogens (tertiary/aromatic N) is 4. The molecule has 3 aromatic rings. The number of fused-ring (bicyclic) bond motifs is 5. The Kier molecular flexibility index (Phi) is 15.9. The van der Waals surface area contributed by atoms with Crippen LogP contribution < -0.4 is 34.5 Å². The van der Waals surface area contributed by atoms with Crippen LogP contribution >= 0.6 is 0 Å². The molecule has 4 amide bonds. The van der Waals surface area contributed by atoms with Crippen molar-refractivity contribution >= 4 is 51.2 Å². The van der Waals surface area contributed by atoms with E-state index < -0.39 is 34.3 Å². The van der Waals surface area contributed by atoms with Crippen LogP contribution in [0.2, 0.25) is 51.4 Å². The lowest BCUT2D eigenvalue weighted by atomic mass is 9.92. The first-order chi connectivity index (χ1) is 32.9. The molecule has 4 aliphatic heterocycles. The molecule has 3 aromatic carbocycles. The number of rotatable bonds is 20. The maximum Gasteiger partial charge on any atom is 0.257 e. The van der Waals surface area contributed by atoms with Crippen LogP contribution in [0.1, 0.15) is 45.2 Å². The highest BCUT2D eigenvalue weighted by Crippen LogP contribution is 2.43. The quantitative estimate of drug-likeness (QED) is 0.0875. The van der Waals surface area contributed by atoms with E-state index in [-0.39, 0.29) is 85.4 Å². The highest BCUT2D eigenvalue weighted by molar-refractivity contribution is 6.76. The maximum absolute atomic E-state index is 14.6. The van der Waals surface area contributed by atoms with Crippen molar-refractivity contribution in [2.24, 2.45) is 5.73 Å². The van der Waals surface area contributed by atoms with Crippen molar-refractivity contribution in [1.29, 1.82) is 0 Å². The van der Waals surface area contributed by atoms with Gasteiger partial charge in [0.1, 0.15) is 38.8 Å². The predicted octanol–water partition coefficient (Wildman–Crippen LogP) is 7.65. The number of hydrogen-bond donors (Lipinski definition) is 1.